The van der Waals surface area contributed by atoms with Gasteiger partial charge in [0.15, 0.2) is 8.68 Å². The fourth-order valence-corrected chi connectivity index (χ4v) is 8.26. The zero-order valence-electron chi connectivity index (χ0n) is 20.2. The molecule has 6 rings (SSSR count). The van der Waals surface area contributed by atoms with Gasteiger partial charge in [-0.1, -0.05) is 62.4 Å². The molecule has 0 aliphatic heterocycles. The molecule has 2 heterocycles. The lowest BCUT2D eigenvalue weighted by Gasteiger charge is -2.26. The first-order valence-corrected chi connectivity index (χ1v) is 15.3. The lowest BCUT2D eigenvalue weighted by Crippen LogP contribution is -2.18. The average molecular weight is 561 g/mol. The summed E-state index contributed by atoms with van der Waals surface area (Å²) in [5.74, 6) is 0.547. The van der Waals surface area contributed by atoms with E-state index in [4.69, 9.17) is 0 Å². The minimum absolute atomic E-state index is 0.151. The summed E-state index contributed by atoms with van der Waals surface area (Å²) in [6.45, 7) is 4.23. The van der Waals surface area contributed by atoms with Gasteiger partial charge in [0.2, 0.25) is 0 Å². The highest BCUT2D eigenvalue weighted by atomic mass is 33.1. The minimum atomic E-state index is -0.151. The van der Waals surface area contributed by atoms with Crippen molar-refractivity contribution < 1.29 is 10.2 Å². The molecule has 0 bridgehead atoms. The molecule has 2 aromatic heterocycles. The van der Waals surface area contributed by atoms with Gasteiger partial charge in [-0.2, -0.15) is 0 Å². The Hall–Kier alpha value is -3.04. The van der Waals surface area contributed by atoms with E-state index in [1.54, 1.807) is 68.5 Å². The third-order valence-corrected chi connectivity index (χ3v) is 11.0. The molecule has 0 unspecified atom stereocenters. The summed E-state index contributed by atoms with van der Waals surface area (Å²) in [6.07, 6.45) is 0. The highest BCUT2D eigenvalue weighted by Crippen LogP contribution is 2.43. The monoisotopic (exact) mass is 560 g/mol. The highest BCUT2D eigenvalue weighted by molar-refractivity contribution is 8.77. The van der Waals surface area contributed by atoms with E-state index >= 15 is 0 Å². The maximum atomic E-state index is 9.30. The Morgan fingerprint density at radius 3 is 1.32 bits per heavy atom. The molecule has 37 heavy (non-hydrogen) atoms. The summed E-state index contributed by atoms with van der Waals surface area (Å²) < 4.78 is 4.63. The van der Waals surface area contributed by atoms with Crippen molar-refractivity contribution in [3.63, 3.8) is 0 Å². The quantitative estimate of drug-likeness (QED) is 0.205. The lowest BCUT2D eigenvalue weighted by molar-refractivity contribution is 0.474. The summed E-state index contributed by atoms with van der Waals surface area (Å²) >= 11 is 3.46. The van der Waals surface area contributed by atoms with E-state index in [2.05, 4.69) is 60.2 Å². The van der Waals surface area contributed by atoms with Crippen LogP contribution in [0, 0.1) is 0 Å². The third-order valence-electron chi connectivity index (χ3n) is 5.91. The van der Waals surface area contributed by atoms with E-state index in [9.17, 15) is 10.2 Å². The van der Waals surface area contributed by atoms with Crippen molar-refractivity contribution >= 4 is 64.7 Å². The first kappa shape index (κ1) is 25.6. The fourth-order valence-electron chi connectivity index (χ4n) is 3.77. The van der Waals surface area contributed by atoms with Crippen molar-refractivity contribution in [3.8, 4) is 11.5 Å². The zero-order chi connectivity index (χ0) is 25.8. The number of benzene rings is 4. The summed E-state index contributed by atoms with van der Waals surface area (Å²) in [5, 5.41) is 18.6. The van der Waals surface area contributed by atoms with Crippen LogP contribution in [0.15, 0.2) is 106 Å². The molecule has 2 N–H and O–H groups in total. The Morgan fingerprint density at radius 2 is 0.946 bits per heavy atom. The second-order valence-corrected chi connectivity index (χ2v) is 13.5. The van der Waals surface area contributed by atoms with Gasteiger partial charge < -0.3 is 10.2 Å². The summed E-state index contributed by atoms with van der Waals surface area (Å²) in [4.78, 5) is 9.24. The number of rotatable bonds is 5. The molecule has 0 radical (unpaired) electrons. The van der Waals surface area contributed by atoms with Gasteiger partial charge in [-0.15, -0.1) is 22.7 Å². The number of phenols is 2. The number of thiazole rings is 2. The van der Waals surface area contributed by atoms with Gasteiger partial charge >= 0.3 is 0 Å². The van der Waals surface area contributed by atoms with E-state index in [1.165, 1.54) is 9.40 Å². The molecular weight excluding hydrogens is 537 g/mol. The molecule has 0 saturated carbocycles. The number of hydrogen-bond donors (Lipinski definition) is 2. The lowest BCUT2D eigenvalue weighted by atomic mass is 9.78. The molecule has 0 amide bonds. The summed E-state index contributed by atoms with van der Waals surface area (Å²) in [6, 6.07) is 30.9. The van der Waals surface area contributed by atoms with Gasteiger partial charge in [0.1, 0.15) is 11.5 Å². The molecule has 0 fully saturated rings. The molecule has 0 aliphatic rings. The molecule has 0 atom stereocenters. The van der Waals surface area contributed by atoms with E-state index in [1.807, 2.05) is 36.4 Å². The van der Waals surface area contributed by atoms with Crippen LogP contribution in [0.2, 0.25) is 0 Å². The number of nitrogens with zero attached hydrogens (tertiary/aromatic N) is 2. The highest BCUT2D eigenvalue weighted by Gasteiger charge is 2.22. The van der Waals surface area contributed by atoms with Crippen LogP contribution in [0.1, 0.15) is 25.0 Å². The molecule has 8 heteroatoms. The van der Waals surface area contributed by atoms with Crippen LogP contribution in [-0.2, 0) is 5.41 Å². The maximum Gasteiger partial charge on any atom is 0.162 e. The average Bonchev–Trinajstić information content (AvgIpc) is 3.52. The van der Waals surface area contributed by atoms with Crippen LogP contribution in [-0.4, -0.2) is 20.2 Å². The van der Waals surface area contributed by atoms with Crippen molar-refractivity contribution in [2.45, 2.75) is 27.9 Å². The van der Waals surface area contributed by atoms with Crippen molar-refractivity contribution in [1.29, 1.82) is 0 Å². The second kappa shape index (κ2) is 11.1. The molecule has 0 spiro atoms. The third kappa shape index (κ3) is 6.10. The first-order valence-electron chi connectivity index (χ1n) is 11.5. The standard InChI is InChI=1S/C15H16O2.C14H8N2S4/c1-15(2,11-3-7-13(16)8-4-11)12-5-9-14(17)10-6-12;1-3-7-11-9(5-1)15-13(17-11)19-20-14-16-10-6-2-4-8-12(10)18-14/h3-10,16-17H,1-2H3;1-8H. The normalized spacial score (nSPS) is 11.4. The Kier molecular flexibility index (Phi) is 7.71. The van der Waals surface area contributed by atoms with Crippen molar-refractivity contribution in [2.24, 2.45) is 0 Å². The Morgan fingerprint density at radius 1 is 0.568 bits per heavy atom. The number of hydrogen-bond acceptors (Lipinski definition) is 8. The van der Waals surface area contributed by atoms with Crippen molar-refractivity contribution in [2.75, 3.05) is 0 Å². The van der Waals surface area contributed by atoms with Gasteiger partial charge in [0.05, 0.1) is 20.4 Å². The Balaban J connectivity index is 0.000000154. The summed E-state index contributed by atoms with van der Waals surface area (Å²) in [5.41, 5.74) is 4.25. The molecule has 0 saturated heterocycles. The predicted molar refractivity (Wildman–Crippen MR) is 159 cm³/mol. The zero-order valence-corrected chi connectivity index (χ0v) is 23.4. The number of aromatic hydroxyl groups is 2. The van der Waals surface area contributed by atoms with Crippen molar-refractivity contribution in [1.82, 2.24) is 9.97 Å². The molecule has 186 valence electrons. The molecule has 4 aromatic carbocycles. The van der Waals surface area contributed by atoms with E-state index in [-0.39, 0.29) is 16.9 Å². The van der Waals surface area contributed by atoms with E-state index in [0.29, 0.717) is 0 Å². The van der Waals surface area contributed by atoms with Crippen LogP contribution in [0.4, 0.5) is 0 Å². The minimum Gasteiger partial charge on any atom is -0.508 e. The summed E-state index contributed by atoms with van der Waals surface area (Å²) in [7, 11) is 3.37. The van der Waals surface area contributed by atoms with Crippen molar-refractivity contribution in [3.05, 3.63) is 108 Å². The largest absolute Gasteiger partial charge is 0.508 e. The van der Waals surface area contributed by atoms with Crippen LogP contribution in [0.25, 0.3) is 20.4 Å². The van der Waals surface area contributed by atoms with Crippen LogP contribution >= 0.6 is 44.3 Å². The number of fused-ring (bicyclic) bond motifs is 2. The Bertz CT molecular complexity index is 1440. The second-order valence-electron chi connectivity index (χ2n) is 8.78. The SMILES string of the molecule is CC(C)(c1ccc(O)cc1)c1ccc(O)cc1.c1ccc2sc(SSc3nc4ccccc4s3)nc2c1. The molecular formula is C29H24N2O2S4. The molecule has 0 aliphatic carbocycles. The van der Waals surface area contributed by atoms with Gasteiger partial charge in [0.25, 0.3) is 0 Å². The van der Waals surface area contributed by atoms with E-state index in [0.717, 1.165) is 30.8 Å². The van der Waals surface area contributed by atoms with Gasteiger partial charge in [-0.25, -0.2) is 9.97 Å². The fraction of sp³-hybridized carbons (Fsp3) is 0.103. The number of phenolic OH excluding ortho intramolecular Hbond substituents is 2. The predicted octanol–water partition coefficient (Wildman–Crippen LogP) is 9.13. The number of para-hydroxylation sites is 2. The topological polar surface area (TPSA) is 66.2 Å². The smallest absolute Gasteiger partial charge is 0.162 e. The van der Waals surface area contributed by atoms with Crippen LogP contribution in [0.5, 0.6) is 11.5 Å². The maximum absolute atomic E-state index is 9.30. The van der Waals surface area contributed by atoms with Gasteiger partial charge in [0, 0.05) is 5.41 Å². The number of aromatic nitrogens is 2. The van der Waals surface area contributed by atoms with Gasteiger partial charge in [-0.3, -0.25) is 0 Å². The van der Waals surface area contributed by atoms with Crippen LogP contribution < -0.4 is 0 Å². The molecule has 4 nitrogen and oxygen atoms in total. The Labute approximate surface area is 231 Å². The van der Waals surface area contributed by atoms with Gasteiger partial charge in [-0.05, 0) is 81.2 Å². The van der Waals surface area contributed by atoms with Crippen LogP contribution in [0.3, 0.4) is 0 Å². The molecule has 6 aromatic rings. The van der Waals surface area contributed by atoms with E-state index < -0.39 is 0 Å². The first-order chi connectivity index (χ1) is 17.9.